The highest BCUT2D eigenvalue weighted by molar-refractivity contribution is 5.93. The van der Waals surface area contributed by atoms with E-state index in [1.54, 1.807) is 39.5 Å². The van der Waals surface area contributed by atoms with E-state index in [0.29, 0.717) is 30.5 Å². The zero-order valence-corrected chi connectivity index (χ0v) is 25.5. The minimum atomic E-state index is -0.407. The Kier molecular flexibility index (Phi) is 11.6. The third-order valence-electron chi connectivity index (χ3n) is 7.53. The fourth-order valence-electron chi connectivity index (χ4n) is 5.36. The van der Waals surface area contributed by atoms with Crippen LogP contribution in [0.4, 0.5) is 0 Å². The van der Waals surface area contributed by atoms with E-state index in [1.165, 1.54) is 6.08 Å². The SMILES string of the molecule is COc1cc(/C=C/C(=O)OCCCN(C)CCCCCOC(=O)C2c3ccccc3-c3ccccc32)cc(OC)c1OC. The van der Waals surface area contributed by atoms with E-state index < -0.39 is 5.97 Å². The molecule has 0 unspecified atom stereocenters. The third-order valence-corrected chi connectivity index (χ3v) is 7.53. The molecule has 43 heavy (non-hydrogen) atoms. The summed E-state index contributed by atoms with van der Waals surface area (Å²) in [5.74, 6) is 0.589. The van der Waals surface area contributed by atoms with Crippen molar-refractivity contribution in [1.29, 1.82) is 0 Å². The molecular weight excluding hydrogens is 546 g/mol. The van der Waals surface area contributed by atoms with Crippen LogP contribution in [-0.4, -0.2) is 71.5 Å². The van der Waals surface area contributed by atoms with Gasteiger partial charge in [0.05, 0.1) is 34.5 Å². The van der Waals surface area contributed by atoms with Crippen LogP contribution < -0.4 is 14.2 Å². The molecule has 0 aromatic heterocycles. The number of rotatable bonds is 16. The average Bonchev–Trinajstić information content (AvgIpc) is 3.37. The van der Waals surface area contributed by atoms with Crippen molar-refractivity contribution < 1.29 is 33.3 Å². The van der Waals surface area contributed by atoms with Gasteiger partial charge in [0, 0.05) is 12.6 Å². The maximum Gasteiger partial charge on any atom is 0.330 e. The lowest BCUT2D eigenvalue weighted by molar-refractivity contribution is -0.144. The zero-order valence-electron chi connectivity index (χ0n) is 25.5. The Labute approximate surface area is 254 Å². The van der Waals surface area contributed by atoms with Crippen molar-refractivity contribution in [2.24, 2.45) is 0 Å². The normalized spacial score (nSPS) is 12.2. The predicted octanol–water partition coefficient (Wildman–Crippen LogP) is 6.12. The highest BCUT2D eigenvalue weighted by Crippen LogP contribution is 2.45. The highest BCUT2D eigenvalue weighted by Gasteiger charge is 2.34. The van der Waals surface area contributed by atoms with Crippen LogP contribution in [-0.2, 0) is 19.1 Å². The van der Waals surface area contributed by atoms with Gasteiger partial charge in [0.1, 0.15) is 5.92 Å². The summed E-state index contributed by atoms with van der Waals surface area (Å²) in [5, 5.41) is 0. The number of esters is 2. The number of methoxy groups -OCH3 is 3. The van der Waals surface area contributed by atoms with Gasteiger partial charge in [0.25, 0.3) is 0 Å². The Morgan fingerprint density at radius 1 is 0.744 bits per heavy atom. The van der Waals surface area contributed by atoms with E-state index in [9.17, 15) is 9.59 Å². The molecule has 1 aliphatic rings. The number of hydrogen-bond donors (Lipinski definition) is 0. The lowest BCUT2D eigenvalue weighted by Crippen LogP contribution is -2.22. The van der Waals surface area contributed by atoms with Gasteiger partial charge >= 0.3 is 11.9 Å². The van der Waals surface area contributed by atoms with E-state index in [-0.39, 0.29) is 11.9 Å². The molecule has 4 rings (SSSR count). The molecule has 8 nitrogen and oxygen atoms in total. The molecule has 0 heterocycles. The molecule has 0 amide bonds. The third kappa shape index (κ3) is 8.17. The monoisotopic (exact) mass is 587 g/mol. The molecule has 0 aliphatic heterocycles. The number of unbranched alkanes of at least 4 members (excludes halogenated alkanes) is 2. The summed E-state index contributed by atoms with van der Waals surface area (Å²) in [4.78, 5) is 27.4. The Morgan fingerprint density at radius 3 is 1.93 bits per heavy atom. The molecule has 0 spiro atoms. The Hall–Kier alpha value is -4.30. The first-order chi connectivity index (χ1) is 21.0. The molecule has 0 N–H and O–H groups in total. The maximum atomic E-state index is 13.0. The summed E-state index contributed by atoms with van der Waals surface area (Å²) in [6.07, 6.45) is 6.58. The number of hydrogen-bond acceptors (Lipinski definition) is 8. The van der Waals surface area contributed by atoms with Crippen molar-refractivity contribution in [2.75, 3.05) is 54.7 Å². The number of nitrogens with zero attached hydrogens (tertiary/aromatic N) is 1. The van der Waals surface area contributed by atoms with E-state index in [2.05, 4.69) is 24.1 Å². The largest absolute Gasteiger partial charge is 0.493 e. The number of carbonyl (C=O) groups excluding carboxylic acids is 2. The minimum absolute atomic E-state index is 0.178. The number of benzene rings is 3. The van der Waals surface area contributed by atoms with E-state index in [4.69, 9.17) is 23.7 Å². The maximum absolute atomic E-state index is 13.0. The van der Waals surface area contributed by atoms with Gasteiger partial charge in [-0.05, 0) is 85.3 Å². The fourth-order valence-corrected chi connectivity index (χ4v) is 5.36. The Bertz CT molecular complexity index is 1350. The zero-order chi connectivity index (χ0) is 30.6. The second kappa shape index (κ2) is 15.8. The topological polar surface area (TPSA) is 83.5 Å². The summed E-state index contributed by atoms with van der Waals surface area (Å²) >= 11 is 0. The first-order valence-electron chi connectivity index (χ1n) is 14.6. The average molecular weight is 588 g/mol. The van der Waals surface area contributed by atoms with Crippen LogP contribution in [0, 0.1) is 0 Å². The van der Waals surface area contributed by atoms with Crippen molar-refractivity contribution in [3.05, 3.63) is 83.4 Å². The van der Waals surface area contributed by atoms with Crippen LogP contribution in [0.1, 0.15) is 48.3 Å². The van der Waals surface area contributed by atoms with Gasteiger partial charge in [-0.1, -0.05) is 48.5 Å². The van der Waals surface area contributed by atoms with Gasteiger partial charge in [-0.2, -0.15) is 0 Å². The molecule has 0 radical (unpaired) electrons. The predicted molar refractivity (Wildman–Crippen MR) is 167 cm³/mol. The van der Waals surface area contributed by atoms with Crippen molar-refractivity contribution in [3.63, 3.8) is 0 Å². The lowest BCUT2D eigenvalue weighted by atomic mass is 9.97. The van der Waals surface area contributed by atoms with Gasteiger partial charge in [0.15, 0.2) is 11.5 Å². The van der Waals surface area contributed by atoms with Crippen molar-refractivity contribution in [1.82, 2.24) is 4.90 Å². The Morgan fingerprint density at radius 2 is 1.33 bits per heavy atom. The molecule has 0 atom stereocenters. The minimum Gasteiger partial charge on any atom is -0.493 e. The molecule has 0 saturated carbocycles. The molecule has 0 bridgehead atoms. The van der Waals surface area contributed by atoms with E-state index in [0.717, 1.165) is 66.6 Å². The van der Waals surface area contributed by atoms with Crippen LogP contribution in [0.25, 0.3) is 17.2 Å². The van der Waals surface area contributed by atoms with Gasteiger partial charge in [-0.15, -0.1) is 0 Å². The van der Waals surface area contributed by atoms with Gasteiger partial charge in [0.2, 0.25) is 5.75 Å². The summed E-state index contributed by atoms with van der Waals surface area (Å²) in [5.41, 5.74) is 5.01. The Balaban J connectivity index is 1.09. The molecule has 0 saturated heterocycles. The van der Waals surface area contributed by atoms with Gasteiger partial charge < -0.3 is 28.6 Å². The van der Waals surface area contributed by atoms with Crippen molar-refractivity contribution in [2.45, 2.75) is 31.6 Å². The number of carbonyl (C=O) groups is 2. The van der Waals surface area contributed by atoms with Gasteiger partial charge in [-0.25, -0.2) is 4.79 Å². The van der Waals surface area contributed by atoms with Crippen LogP contribution in [0.2, 0.25) is 0 Å². The summed E-state index contributed by atoms with van der Waals surface area (Å²) in [6, 6.07) is 19.7. The molecule has 3 aromatic carbocycles. The van der Waals surface area contributed by atoms with Crippen LogP contribution in [0.3, 0.4) is 0 Å². The first-order valence-corrected chi connectivity index (χ1v) is 14.6. The van der Waals surface area contributed by atoms with E-state index >= 15 is 0 Å². The lowest BCUT2D eigenvalue weighted by Gasteiger charge is -2.16. The molecule has 8 heteroatoms. The molecular formula is C35H41NO7. The molecule has 3 aromatic rings. The first kappa shape index (κ1) is 31.6. The van der Waals surface area contributed by atoms with E-state index in [1.807, 2.05) is 36.4 Å². The summed E-state index contributed by atoms with van der Waals surface area (Å²) in [6.45, 7) is 2.50. The van der Waals surface area contributed by atoms with Gasteiger partial charge in [-0.3, -0.25) is 4.79 Å². The molecule has 1 aliphatic carbocycles. The summed E-state index contributed by atoms with van der Waals surface area (Å²) < 4.78 is 27.1. The highest BCUT2D eigenvalue weighted by atomic mass is 16.5. The second-order valence-electron chi connectivity index (χ2n) is 10.5. The fraction of sp³-hybridized carbons (Fsp3) is 0.371. The van der Waals surface area contributed by atoms with Crippen LogP contribution >= 0.6 is 0 Å². The van der Waals surface area contributed by atoms with Crippen LogP contribution in [0.15, 0.2) is 66.7 Å². The standard InChI is InChI=1S/C35H41NO7/c1-36(20-12-22-42-32(37)18-17-25-23-30(39-2)34(41-4)31(24-25)40-3)19-10-5-11-21-43-35(38)33-28-15-8-6-13-26(28)27-14-7-9-16-29(27)33/h6-9,13-18,23-24,33H,5,10-12,19-22H2,1-4H3/b18-17+. The number of fused-ring (bicyclic) bond motifs is 3. The number of ether oxygens (including phenoxy) is 5. The smallest absolute Gasteiger partial charge is 0.330 e. The molecule has 0 fully saturated rings. The molecule has 228 valence electrons. The van der Waals surface area contributed by atoms with Crippen LogP contribution in [0.5, 0.6) is 17.2 Å². The second-order valence-corrected chi connectivity index (χ2v) is 10.5. The summed E-state index contributed by atoms with van der Waals surface area (Å²) in [7, 11) is 6.69. The quantitative estimate of drug-likeness (QED) is 0.113. The van der Waals surface area contributed by atoms with Crippen molar-refractivity contribution >= 4 is 18.0 Å². The van der Waals surface area contributed by atoms with Crippen molar-refractivity contribution in [3.8, 4) is 28.4 Å².